The van der Waals surface area contributed by atoms with E-state index in [-0.39, 0.29) is 18.6 Å². The summed E-state index contributed by atoms with van der Waals surface area (Å²) in [6.45, 7) is 5.38. The minimum Gasteiger partial charge on any atom is -0.371 e. The van der Waals surface area contributed by atoms with E-state index in [4.69, 9.17) is 9.26 Å². The monoisotopic (exact) mass is 351 g/mol. The molecular formula is C15H21N5O3S. The van der Waals surface area contributed by atoms with E-state index in [1.807, 2.05) is 25.8 Å². The first-order chi connectivity index (χ1) is 11.5. The maximum absolute atomic E-state index is 12.2. The van der Waals surface area contributed by atoms with Crippen LogP contribution in [0.2, 0.25) is 0 Å². The van der Waals surface area contributed by atoms with Crippen molar-refractivity contribution in [3.05, 3.63) is 22.0 Å². The molecule has 0 aliphatic carbocycles. The Balaban J connectivity index is 1.51. The number of hydrogen-bond acceptors (Lipinski definition) is 8. The standard InChI is InChI=1S/C15H21N5O3S/c1-9-11(10(2)23-19-9)7-20(3)8-13(21)16-15-18-17-14(24-15)12-5-4-6-22-12/h12H,4-8H2,1-3H3,(H,16,18,21). The average Bonchev–Trinajstić information content (AvgIpc) is 3.25. The van der Waals surface area contributed by atoms with Gasteiger partial charge in [0, 0.05) is 18.7 Å². The van der Waals surface area contributed by atoms with Crippen molar-refractivity contribution < 1.29 is 14.1 Å². The fraction of sp³-hybridized carbons (Fsp3) is 0.600. The van der Waals surface area contributed by atoms with E-state index in [0.717, 1.165) is 41.5 Å². The maximum atomic E-state index is 12.2. The van der Waals surface area contributed by atoms with Gasteiger partial charge >= 0.3 is 0 Å². The van der Waals surface area contributed by atoms with Gasteiger partial charge in [-0.3, -0.25) is 15.0 Å². The second kappa shape index (κ2) is 7.37. The predicted octanol–water partition coefficient (Wildman–Crippen LogP) is 2.06. The molecule has 1 aliphatic rings. The second-order valence-electron chi connectivity index (χ2n) is 5.97. The third-order valence-electron chi connectivity index (χ3n) is 3.91. The lowest BCUT2D eigenvalue weighted by molar-refractivity contribution is -0.117. The minimum absolute atomic E-state index is 0.0235. The van der Waals surface area contributed by atoms with E-state index in [1.165, 1.54) is 11.3 Å². The summed E-state index contributed by atoms with van der Waals surface area (Å²) in [6, 6.07) is 0. The lowest BCUT2D eigenvalue weighted by Gasteiger charge is -2.15. The molecule has 3 rings (SSSR count). The molecule has 2 aromatic rings. The number of nitrogens with one attached hydrogen (secondary N) is 1. The van der Waals surface area contributed by atoms with Gasteiger partial charge in [0.05, 0.1) is 12.2 Å². The molecule has 1 amide bonds. The Morgan fingerprint density at radius 1 is 1.42 bits per heavy atom. The number of carbonyl (C=O) groups excluding carboxylic acids is 1. The van der Waals surface area contributed by atoms with Crippen LogP contribution in [0.15, 0.2) is 4.52 Å². The van der Waals surface area contributed by atoms with Crippen molar-refractivity contribution in [2.45, 2.75) is 39.3 Å². The van der Waals surface area contributed by atoms with Crippen molar-refractivity contribution in [1.82, 2.24) is 20.3 Å². The summed E-state index contributed by atoms with van der Waals surface area (Å²) >= 11 is 1.37. The summed E-state index contributed by atoms with van der Waals surface area (Å²) < 4.78 is 10.7. The summed E-state index contributed by atoms with van der Waals surface area (Å²) in [5, 5.41) is 16.2. The molecule has 9 heteroatoms. The van der Waals surface area contributed by atoms with Crippen LogP contribution < -0.4 is 5.32 Å². The molecule has 0 aromatic carbocycles. The summed E-state index contributed by atoms with van der Waals surface area (Å²) in [7, 11) is 1.88. The Morgan fingerprint density at radius 3 is 2.92 bits per heavy atom. The van der Waals surface area contributed by atoms with Gasteiger partial charge in [-0.15, -0.1) is 10.2 Å². The maximum Gasteiger partial charge on any atom is 0.240 e. The highest BCUT2D eigenvalue weighted by Crippen LogP contribution is 2.31. The average molecular weight is 351 g/mol. The molecule has 1 unspecified atom stereocenters. The highest BCUT2D eigenvalue weighted by atomic mass is 32.1. The van der Waals surface area contributed by atoms with Crippen molar-refractivity contribution in [3.8, 4) is 0 Å². The van der Waals surface area contributed by atoms with E-state index in [2.05, 4.69) is 20.7 Å². The van der Waals surface area contributed by atoms with Crippen LogP contribution in [0.25, 0.3) is 0 Å². The Kier molecular flexibility index (Phi) is 5.22. The van der Waals surface area contributed by atoms with Gasteiger partial charge in [-0.2, -0.15) is 0 Å². The van der Waals surface area contributed by atoms with Gasteiger partial charge in [0.1, 0.15) is 16.9 Å². The third-order valence-corrected chi connectivity index (χ3v) is 4.85. The van der Waals surface area contributed by atoms with Crippen LogP contribution in [0.3, 0.4) is 0 Å². The number of rotatable bonds is 6. The topological polar surface area (TPSA) is 93.4 Å². The molecule has 1 atom stereocenters. The number of nitrogens with zero attached hydrogens (tertiary/aromatic N) is 4. The predicted molar refractivity (Wildman–Crippen MR) is 88.8 cm³/mol. The zero-order chi connectivity index (χ0) is 17.1. The number of aryl methyl sites for hydroxylation is 2. The van der Waals surface area contributed by atoms with Gasteiger partial charge < -0.3 is 9.26 Å². The van der Waals surface area contributed by atoms with Gasteiger partial charge in [-0.1, -0.05) is 16.5 Å². The van der Waals surface area contributed by atoms with Crippen molar-refractivity contribution >= 4 is 22.4 Å². The SMILES string of the molecule is Cc1noc(C)c1CN(C)CC(=O)Nc1nnc(C2CCCO2)s1. The molecule has 0 spiro atoms. The minimum atomic E-state index is -0.126. The molecule has 24 heavy (non-hydrogen) atoms. The zero-order valence-corrected chi connectivity index (χ0v) is 14.9. The van der Waals surface area contributed by atoms with Gasteiger partial charge in [0.25, 0.3) is 0 Å². The van der Waals surface area contributed by atoms with E-state index < -0.39 is 0 Å². The lowest BCUT2D eigenvalue weighted by atomic mass is 10.2. The molecule has 0 saturated carbocycles. The van der Waals surface area contributed by atoms with E-state index in [9.17, 15) is 4.79 Å². The Hall–Kier alpha value is -1.84. The van der Waals surface area contributed by atoms with Gasteiger partial charge in [0.15, 0.2) is 0 Å². The number of ether oxygens (including phenoxy) is 1. The van der Waals surface area contributed by atoms with Gasteiger partial charge in [-0.25, -0.2) is 0 Å². The molecule has 8 nitrogen and oxygen atoms in total. The molecule has 0 radical (unpaired) electrons. The molecule has 130 valence electrons. The first-order valence-corrected chi connectivity index (χ1v) is 8.69. The molecule has 1 saturated heterocycles. The smallest absolute Gasteiger partial charge is 0.240 e. The van der Waals surface area contributed by atoms with Crippen LogP contribution in [0.4, 0.5) is 5.13 Å². The number of aromatic nitrogens is 3. The van der Waals surface area contributed by atoms with Crippen molar-refractivity contribution in [2.75, 3.05) is 25.5 Å². The van der Waals surface area contributed by atoms with Gasteiger partial charge in [-0.05, 0) is 33.7 Å². The summed E-state index contributed by atoms with van der Waals surface area (Å²) in [4.78, 5) is 14.1. The molecule has 2 aromatic heterocycles. The fourth-order valence-electron chi connectivity index (χ4n) is 2.65. The molecule has 3 heterocycles. The third kappa shape index (κ3) is 3.97. The van der Waals surface area contributed by atoms with Gasteiger partial charge in [0.2, 0.25) is 11.0 Å². The lowest BCUT2D eigenvalue weighted by Crippen LogP contribution is -2.30. The molecule has 1 aliphatic heterocycles. The second-order valence-corrected chi connectivity index (χ2v) is 6.98. The Labute approximate surface area is 144 Å². The van der Waals surface area contributed by atoms with E-state index in [0.29, 0.717) is 11.7 Å². The van der Waals surface area contributed by atoms with Crippen molar-refractivity contribution in [1.29, 1.82) is 0 Å². The fourth-order valence-corrected chi connectivity index (χ4v) is 3.49. The van der Waals surface area contributed by atoms with Crippen LogP contribution >= 0.6 is 11.3 Å². The van der Waals surface area contributed by atoms with Crippen LogP contribution in [0, 0.1) is 13.8 Å². The number of hydrogen-bond donors (Lipinski definition) is 1. The van der Waals surface area contributed by atoms with Crippen LogP contribution in [0.5, 0.6) is 0 Å². The highest BCUT2D eigenvalue weighted by Gasteiger charge is 2.22. The number of anilines is 1. The number of likely N-dealkylation sites (N-methyl/N-ethyl adjacent to an activating group) is 1. The number of amides is 1. The Morgan fingerprint density at radius 2 is 2.25 bits per heavy atom. The van der Waals surface area contributed by atoms with Crippen LogP contribution in [0.1, 0.15) is 41.0 Å². The normalized spacial score (nSPS) is 17.6. The highest BCUT2D eigenvalue weighted by molar-refractivity contribution is 7.15. The van der Waals surface area contributed by atoms with E-state index >= 15 is 0 Å². The zero-order valence-electron chi connectivity index (χ0n) is 14.0. The molecular weight excluding hydrogens is 330 g/mol. The van der Waals surface area contributed by atoms with E-state index in [1.54, 1.807) is 0 Å². The quantitative estimate of drug-likeness (QED) is 0.851. The summed E-state index contributed by atoms with van der Waals surface area (Å²) in [6.07, 6.45) is 2.02. The molecule has 0 bridgehead atoms. The number of carbonyl (C=O) groups is 1. The Bertz CT molecular complexity index is 688. The summed E-state index contributed by atoms with van der Waals surface area (Å²) in [5.74, 6) is 0.657. The van der Waals surface area contributed by atoms with Crippen LogP contribution in [-0.4, -0.2) is 46.4 Å². The molecule has 1 fully saturated rings. The molecule has 1 N–H and O–H groups in total. The summed E-state index contributed by atoms with van der Waals surface area (Å²) in [5.41, 5.74) is 1.87. The van der Waals surface area contributed by atoms with Crippen molar-refractivity contribution in [2.24, 2.45) is 0 Å². The first-order valence-electron chi connectivity index (χ1n) is 7.88. The van der Waals surface area contributed by atoms with Crippen molar-refractivity contribution in [3.63, 3.8) is 0 Å². The first kappa shape index (κ1) is 17.0. The van der Waals surface area contributed by atoms with Crippen LogP contribution in [-0.2, 0) is 16.1 Å². The largest absolute Gasteiger partial charge is 0.371 e.